The first-order valence-electron chi connectivity index (χ1n) is 5.20. The van der Waals surface area contributed by atoms with Gasteiger partial charge < -0.3 is 9.84 Å². The third-order valence-electron chi connectivity index (χ3n) is 2.41. The third-order valence-corrected chi connectivity index (χ3v) is 2.71. The quantitative estimate of drug-likeness (QED) is 0.923. The molecule has 0 unspecified atom stereocenters. The number of methoxy groups -OCH3 is 1. The van der Waals surface area contributed by atoms with E-state index in [1.165, 1.54) is 18.0 Å². The van der Waals surface area contributed by atoms with Gasteiger partial charge in [0.25, 0.3) is 0 Å². The third kappa shape index (κ3) is 2.58. The minimum Gasteiger partial charge on any atom is -0.495 e. The molecule has 1 heterocycles. The van der Waals surface area contributed by atoms with Crippen LogP contribution >= 0.6 is 11.6 Å². The summed E-state index contributed by atoms with van der Waals surface area (Å²) in [7, 11) is 1.49. The van der Waals surface area contributed by atoms with Gasteiger partial charge in [-0.05, 0) is 18.2 Å². The van der Waals surface area contributed by atoms with Gasteiger partial charge in [0.05, 0.1) is 17.8 Å². The van der Waals surface area contributed by atoms with Crippen molar-refractivity contribution in [1.29, 1.82) is 0 Å². The zero-order valence-electron chi connectivity index (χ0n) is 9.83. The Morgan fingerprint density at radius 2 is 2.16 bits per heavy atom. The van der Waals surface area contributed by atoms with Crippen molar-refractivity contribution < 1.29 is 14.6 Å². The van der Waals surface area contributed by atoms with Crippen molar-refractivity contribution in [3.63, 3.8) is 0 Å². The van der Waals surface area contributed by atoms with Crippen LogP contribution in [-0.4, -0.2) is 28.0 Å². The maximum absolute atomic E-state index is 11.3. The molecule has 0 saturated carbocycles. The number of carboxylic acid groups (broad SMARTS) is 1. The molecule has 0 spiro atoms. The highest BCUT2D eigenvalue weighted by atomic mass is 35.5. The van der Waals surface area contributed by atoms with Crippen LogP contribution in [0.3, 0.4) is 0 Å². The Bertz CT molecular complexity index is 696. The molecular formula is C12H9ClN2O4. The second kappa shape index (κ2) is 5.11. The molecular weight excluding hydrogens is 272 g/mol. The Morgan fingerprint density at radius 1 is 1.42 bits per heavy atom. The first-order valence-corrected chi connectivity index (χ1v) is 5.58. The number of aromatic carboxylic acids is 1. The molecule has 2 aromatic rings. The lowest BCUT2D eigenvalue weighted by Gasteiger charge is -2.08. The summed E-state index contributed by atoms with van der Waals surface area (Å²) in [5, 5.41) is 13.0. The zero-order valence-corrected chi connectivity index (χ0v) is 10.6. The molecule has 19 heavy (non-hydrogen) atoms. The number of carboxylic acids is 1. The normalized spacial score (nSPS) is 10.2. The number of rotatable bonds is 3. The van der Waals surface area contributed by atoms with Gasteiger partial charge in [-0.2, -0.15) is 5.10 Å². The molecule has 0 aliphatic carbocycles. The van der Waals surface area contributed by atoms with Crippen LogP contribution in [0, 0.1) is 0 Å². The first-order chi connectivity index (χ1) is 9.02. The molecule has 6 nitrogen and oxygen atoms in total. The minimum atomic E-state index is -1.38. The van der Waals surface area contributed by atoms with Crippen molar-refractivity contribution in [2.45, 2.75) is 0 Å². The molecule has 0 aliphatic rings. The zero-order chi connectivity index (χ0) is 14.0. The summed E-state index contributed by atoms with van der Waals surface area (Å²) in [6, 6.07) is 5.96. The molecule has 7 heteroatoms. The van der Waals surface area contributed by atoms with E-state index in [4.69, 9.17) is 21.4 Å². The Hall–Kier alpha value is -2.34. The fourth-order valence-electron chi connectivity index (χ4n) is 1.50. The van der Waals surface area contributed by atoms with Gasteiger partial charge in [-0.1, -0.05) is 11.6 Å². The largest absolute Gasteiger partial charge is 0.495 e. The summed E-state index contributed by atoms with van der Waals surface area (Å²) in [4.78, 5) is 22.2. The molecule has 0 bridgehead atoms. The Balaban J connectivity index is 2.53. The standard InChI is InChI=1S/C12H9ClN2O4/c1-19-10-3-2-7(6-8(10)13)15-5-4-9(16)11(14-15)12(17)18/h2-6H,1H3,(H,17,18). The monoisotopic (exact) mass is 280 g/mol. The van der Waals surface area contributed by atoms with Gasteiger partial charge in [-0.15, -0.1) is 0 Å². The number of aromatic nitrogens is 2. The Morgan fingerprint density at radius 3 is 2.74 bits per heavy atom. The van der Waals surface area contributed by atoms with Gasteiger partial charge in [0.2, 0.25) is 11.1 Å². The fraction of sp³-hybridized carbons (Fsp3) is 0.0833. The van der Waals surface area contributed by atoms with Crippen LogP contribution in [-0.2, 0) is 0 Å². The molecule has 0 atom stereocenters. The SMILES string of the molecule is COc1ccc(-n2ccc(=O)c(C(=O)O)n2)cc1Cl. The summed E-state index contributed by atoms with van der Waals surface area (Å²) in [6.45, 7) is 0. The lowest BCUT2D eigenvalue weighted by atomic mass is 10.3. The number of nitrogens with zero attached hydrogens (tertiary/aromatic N) is 2. The predicted molar refractivity (Wildman–Crippen MR) is 68.4 cm³/mol. The van der Waals surface area contributed by atoms with Gasteiger partial charge in [-0.3, -0.25) is 4.79 Å². The molecule has 1 aromatic heterocycles. The van der Waals surface area contributed by atoms with E-state index < -0.39 is 17.1 Å². The first kappa shape index (κ1) is 13.1. The lowest BCUT2D eigenvalue weighted by molar-refractivity contribution is 0.0687. The molecule has 1 N–H and O–H groups in total. The van der Waals surface area contributed by atoms with Gasteiger partial charge in [0.1, 0.15) is 5.75 Å². The van der Waals surface area contributed by atoms with Crippen molar-refractivity contribution in [1.82, 2.24) is 9.78 Å². The van der Waals surface area contributed by atoms with Crippen molar-refractivity contribution in [2.24, 2.45) is 0 Å². The van der Waals surface area contributed by atoms with E-state index in [9.17, 15) is 9.59 Å². The van der Waals surface area contributed by atoms with E-state index in [1.807, 2.05) is 0 Å². The Labute approximate surface area is 112 Å². The van der Waals surface area contributed by atoms with E-state index in [-0.39, 0.29) is 0 Å². The van der Waals surface area contributed by atoms with Crippen LogP contribution in [0.15, 0.2) is 35.3 Å². The average Bonchev–Trinajstić information content (AvgIpc) is 2.38. The second-order valence-corrected chi connectivity index (χ2v) is 4.00. The highest BCUT2D eigenvalue weighted by Gasteiger charge is 2.11. The number of ether oxygens (including phenoxy) is 1. The van der Waals surface area contributed by atoms with Crippen LogP contribution in [0.4, 0.5) is 0 Å². The number of halogens is 1. The number of benzene rings is 1. The summed E-state index contributed by atoms with van der Waals surface area (Å²) in [5.74, 6) is -0.885. The summed E-state index contributed by atoms with van der Waals surface area (Å²) in [5.41, 5.74) is -0.675. The topological polar surface area (TPSA) is 81.4 Å². The van der Waals surface area contributed by atoms with Crippen molar-refractivity contribution in [3.8, 4) is 11.4 Å². The van der Waals surface area contributed by atoms with Crippen LogP contribution in [0.25, 0.3) is 5.69 Å². The van der Waals surface area contributed by atoms with Gasteiger partial charge >= 0.3 is 5.97 Å². The van der Waals surface area contributed by atoms with E-state index >= 15 is 0 Å². The molecule has 0 radical (unpaired) electrons. The van der Waals surface area contributed by atoms with Crippen LogP contribution < -0.4 is 10.2 Å². The smallest absolute Gasteiger partial charge is 0.360 e. The van der Waals surface area contributed by atoms with Crippen LogP contribution in [0.2, 0.25) is 5.02 Å². The van der Waals surface area contributed by atoms with Gasteiger partial charge in [0.15, 0.2) is 0 Å². The summed E-state index contributed by atoms with van der Waals surface area (Å²) >= 11 is 5.97. The van der Waals surface area contributed by atoms with Crippen molar-refractivity contribution in [3.05, 3.63) is 51.4 Å². The highest BCUT2D eigenvalue weighted by Crippen LogP contribution is 2.26. The maximum atomic E-state index is 11.3. The van der Waals surface area contributed by atoms with Gasteiger partial charge in [0, 0.05) is 12.3 Å². The molecule has 1 aromatic carbocycles. The number of hydrogen-bond acceptors (Lipinski definition) is 4. The van der Waals surface area contributed by atoms with E-state index in [0.717, 1.165) is 6.07 Å². The van der Waals surface area contributed by atoms with Crippen molar-refractivity contribution in [2.75, 3.05) is 7.11 Å². The molecule has 0 aliphatic heterocycles. The Kier molecular flexibility index (Phi) is 3.52. The average molecular weight is 281 g/mol. The fourth-order valence-corrected chi connectivity index (χ4v) is 1.75. The van der Waals surface area contributed by atoms with Gasteiger partial charge in [-0.25, -0.2) is 9.48 Å². The molecule has 0 saturated heterocycles. The van der Waals surface area contributed by atoms with E-state index in [1.54, 1.807) is 18.2 Å². The summed E-state index contributed by atoms with van der Waals surface area (Å²) < 4.78 is 6.27. The predicted octanol–water partition coefficient (Wildman–Crippen LogP) is 1.59. The minimum absolute atomic E-state index is 0.359. The maximum Gasteiger partial charge on any atom is 0.360 e. The lowest BCUT2D eigenvalue weighted by Crippen LogP contribution is -2.20. The molecule has 0 amide bonds. The molecule has 98 valence electrons. The number of carbonyl (C=O) groups is 1. The number of hydrogen-bond donors (Lipinski definition) is 1. The van der Waals surface area contributed by atoms with Crippen LogP contribution in [0.5, 0.6) is 5.75 Å². The molecule has 0 fully saturated rings. The van der Waals surface area contributed by atoms with Crippen LogP contribution in [0.1, 0.15) is 10.5 Å². The van der Waals surface area contributed by atoms with E-state index in [0.29, 0.717) is 16.5 Å². The highest BCUT2D eigenvalue weighted by molar-refractivity contribution is 6.32. The summed E-state index contributed by atoms with van der Waals surface area (Å²) in [6.07, 6.45) is 1.37. The second-order valence-electron chi connectivity index (χ2n) is 3.60. The van der Waals surface area contributed by atoms with E-state index in [2.05, 4.69) is 5.10 Å². The molecule has 2 rings (SSSR count). The van der Waals surface area contributed by atoms with Crippen molar-refractivity contribution >= 4 is 17.6 Å².